The number of phenols is 1. The molecule has 0 radical (unpaired) electrons. The fourth-order valence-electron chi connectivity index (χ4n) is 1.56. The summed E-state index contributed by atoms with van der Waals surface area (Å²) in [6.07, 6.45) is 0. The molecule has 0 fully saturated rings. The van der Waals surface area contributed by atoms with E-state index in [2.05, 4.69) is 0 Å². The maximum atomic E-state index is 13.3. The zero-order chi connectivity index (χ0) is 16.4. The number of benzene rings is 2. The Balaban J connectivity index is 2.20. The lowest BCUT2D eigenvalue weighted by molar-refractivity contribution is 0.262. The number of aromatic hydroxyl groups is 1. The molecule has 0 spiro atoms. The van der Waals surface area contributed by atoms with Crippen LogP contribution >= 0.6 is 0 Å². The number of rotatable bonds is 2. The lowest BCUT2D eigenvalue weighted by atomic mass is 10.2. The first-order chi connectivity index (χ1) is 10.3. The van der Waals surface area contributed by atoms with E-state index in [0.717, 1.165) is 6.07 Å². The highest BCUT2D eigenvalue weighted by Crippen LogP contribution is 2.28. The number of hydrogen-bond acceptors (Lipinski definition) is 2. The van der Waals surface area contributed by atoms with E-state index in [1.165, 1.54) is 0 Å². The van der Waals surface area contributed by atoms with Crippen LogP contribution < -0.4 is 10.6 Å². The van der Waals surface area contributed by atoms with Crippen LogP contribution in [0.5, 0.6) is 5.75 Å². The Kier molecular flexibility index (Phi) is 4.15. The molecule has 2 aromatic rings. The maximum Gasteiger partial charge on any atom is 0.323 e. The van der Waals surface area contributed by atoms with Crippen molar-refractivity contribution in [1.29, 1.82) is 0 Å². The molecule has 0 saturated carbocycles. The van der Waals surface area contributed by atoms with E-state index in [9.17, 15) is 31.9 Å². The van der Waals surface area contributed by atoms with E-state index in [-0.39, 0.29) is 0 Å². The van der Waals surface area contributed by atoms with Crippen molar-refractivity contribution < 1.29 is 31.9 Å². The van der Waals surface area contributed by atoms with Crippen LogP contribution in [-0.4, -0.2) is 11.1 Å². The zero-order valence-electron chi connectivity index (χ0n) is 10.6. The quantitative estimate of drug-likeness (QED) is 0.449. The molecular formula is C13H7F5N2O2. The van der Waals surface area contributed by atoms with Gasteiger partial charge in [0.15, 0.2) is 29.0 Å². The average Bonchev–Trinajstić information content (AvgIpc) is 2.45. The van der Waals surface area contributed by atoms with Crippen molar-refractivity contribution in [2.75, 3.05) is 10.6 Å². The minimum absolute atomic E-state index is 0.382. The van der Waals surface area contributed by atoms with Crippen molar-refractivity contribution in [2.45, 2.75) is 0 Å². The lowest BCUT2D eigenvalue weighted by Gasteiger charge is -2.10. The van der Waals surface area contributed by atoms with E-state index < -0.39 is 52.2 Å². The summed E-state index contributed by atoms with van der Waals surface area (Å²) >= 11 is 0. The number of halogens is 5. The summed E-state index contributed by atoms with van der Waals surface area (Å²) in [5.74, 6) is -8.34. The van der Waals surface area contributed by atoms with Gasteiger partial charge in [-0.25, -0.2) is 26.7 Å². The van der Waals surface area contributed by atoms with Crippen LogP contribution in [0, 0.1) is 29.1 Å². The summed E-state index contributed by atoms with van der Waals surface area (Å²) in [5.41, 5.74) is -1.33. The first-order valence-electron chi connectivity index (χ1n) is 5.69. The summed E-state index contributed by atoms with van der Waals surface area (Å²) in [4.78, 5) is 11.5. The molecule has 0 bridgehead atoms. The number of phenolic OH excluding ortho intramolecular Hbond substituents is 1. The smallest absolute Gasteiger partial charge is 0.323 e. The summed E-state index contributed by atoms with van der Waals surface area (Å²) in [5, 5.41) is 12.9. The number of anilines is 2. The van der Waals surface area contributed by atoms with Crippen molar-refractivity contribution in [2.24, 2.45) is 0 Å². The Morgan fingerprint density at radius 3 is 2.18 bits per heavy atom. The molecule has 22 heavy (non-hydrogen) atoms. The minimum Gasteiger partial charge on any atom is -0.503 e. The number of nitrogens with one attached hydrogen (secondary N) is 2. The first kappa shape index (κ1) is 15.5. The Morgan fingerprint density at radius 2 is 1.50 bits per heavy atom. The fourth-order valence-corrected chi connectivity index (χ4v) is 1.56. The summed E-state index contributed by atoms with van der Waals surface area (Å²) < 4.78 is 65.1. The van der Waals surface area contributed by atoms with Crippen LogP contribution in [0.15, 0.2) is 24.3 Å². The molecule has 0 saturated heterocycles. The second-order valence-electron chi connectivity index (χ2n) is 4.09. The van der Waals surface area contributed by atoms with E-state index in [1.54, 1.807) is 5.32 Å². The van der Waals surface area contributed by atoms with Gasteiger partial charge < -0.3 is 15.7 Å². The third-order valence-electron chi connectivity index (χ3n) is 2.56. The van der Waals surface area contributed by atoms with Crippen molar-refractivity contribution in [3.05, 3.63) is 53.4 Å². The Morgan fingerprint density at radius 1 is 0.864 bits per heavy atom. The van der Waals surface area contributed by atoms with E-state index in [0.29, 0.717) is 18.2 Å². The molecule has 0 heterocycles. The summed E-state index contributed by atoms with van der Waals surface area (Å²) in [6, 6.07) is 1.09. The van der Waals surface area contributed by atoms with Crippen LogP contribution in [0.2, 0.25) is 0 Å². The molecule has 0 atom stereocenters. The third-order valence-corrected chi connectivity index (χ3v) is 2.56. The highest BCUT2D eigenvalue weighted by molar-refractivity contribution is 6.00. The summed E-state index contributed by atoms with van der Waals surface area (Å²) in [7, 11) is 0. The minimum atomic E-state index is -1.79. The number of carbonyl (C=O) groups is 1. The molecule has 4 nitrogen and oxygen atoms in total. The SMILES string of the molecule is O=C(Nc1cc(F)cc(F)c1O)Nc1ccc(F)c(F)c1F. The highest BCUT2D eigenvalue weighted by atomic mass is 19.2. The molecule has 0 aliphatic heterocycles. The largest absolute Gasteiger partial charge is 0.503 e. The standard InChI is InChI=1S/C13H7F5N2O2/c14-5-3-7(16)12(21)9(4-5)20-13(22)19-8-2-1-6(15)10(17)11(8)18/h1-4,21H,(H2,19,20,22). The van der Waals surface area contributed by atoms with Gasteiger partial charge in [-0.15, -0.1) is 0 Å². The van der Waals surface area contributed by atoms with Gasteiger partial charge in [-0.1, -0.05) is 0 Å². The molecular weight excluding hydrogens is 311 g/mol. The molecule has 0 unspecified atom stereocenters. The third kappa shape index (κ3) is 3.08. The molecule has 2 rings (SSSR count). The van der Waals surface area contributed by atoms with Gasteiger partial charge in [0.1, 0.15) is 5.82 Å². The molecule has 0 aliphatic carbocycles. The van der Waals surface area contributed by atoms with Crippen molar-refractivity contribution in [1.82, 2.24) is 0 Å². The van der Waals surface area contributed by atoms with Gasteiger partial charge in [0, 0.05) is 12.1 Å². The van der Waals surface area contributed by atoms with Crippen LogP contribution in [0.25, 0.3) is 0 Å². The molecule has 9 heteroatoms. The predicted octanol–water partition coefficient (Wildman–Crippen LogP) is 3.73. The van der Waals surface area contributed by atoms with Crippen LogP contribution in [0.3, 0.4) is 0 Å². The molecule has 2 amide bonds. The number of amides is 2. The number of urea groups is 1. The van der Waals surface area contributed by atoms with Crippen molar-refractivity contribution >= 4 is 17.4 Å². The highest BCUT2D eigenvalue weighted by Gasteiger charge is 2.17. The average molecular weight is 318 g/mol. The van der Waals surface area contributed by atoms with Crippen molar-refractivity contribution in [3.8, 4) is 5.75 Å². The van der Waals surface area contributed by atoms with Gasteiger partial charge in [-0.3, -0.25) is 0 Å². The van der Waals surface area contributed by atoms with Gasteiger partial charge in [0.25, 0.3) is 0 Å². The Hall–Kier alpha value is -2.84. The maximum absolute atomic E-state index is 13.3. The van der Waals surface area contributed by atoms with Crippen LogP contribution in [-0.2, 0) is 0 Å². The fraction of sp³-hybridized carbons (Fsp3) is 0. The summed E-state index contributed by atoms with van der Waals surface area (Å²) in [6.45, 7) is 0. The Labute approximate surface area is 120 Å². The second-order valence-corrected chi connectivity index (χ2v) is 4.09. The molecule has 0 aromatic heterocycles. The topological polar surface area (TPSA) is 61.4 Å². The van der Waals surface area contributed by atoms with Gasteiger partial charge in [0.05, 0.1) is 11.4 Å². The van der Waals surface area contributed by atoms with Gasteiger partial charge in [-0.05, 0) is 12.1 Å². The lowest BCUT2D eigenvalue weighted by Crippen LogP contribution is -2.21. The van der Waals surface area contributed by atoms with Crippen LogP contribution in [0.1, 0.15) is 0 Å². The molecule has 116 valence electrons. The normalized spacial score (nSPS) is 10.4. The number of hydrogen-bond donors (Lipinski definition) is 3. The second kappa shape index (κ2) is 5.88. The monoisotopic (exact) mass is 318 g/mol. The first-order valence-corrected chi connectivity index (χ1v) is 5.69. The van der Waals surface area contributed by atoms with Gasteiger partial charge in [-0.2, -0.15) is 0 Å². The van der Waals surface area contributed by atoms with E-state index in [1.807, 2.05) is 5.32 Å². The van der Waals surface area contributed by atoms with E-state index in [4.69, 9.17) is 0 Å². The van der Waals surface area contributed by atoms with Gasteiger partial charge >= 0.3 is 6.03 Å². The number of carbonyl (C=O) groups excluding carboxylic acids is 1. The molecule has 3 N–H and O–H groups in total. The Bertz CT molecular complexity index is 752. The van der Waals surface area contributed by atoms with Crippen molar-refractivity contribution in [3.63, 3.8) is 0 Å². The van der Waals surface area contributed by atoms with Crippen LogP contribution in [0.4, 0.5) is 38.1 Å². The molecule has 0 aliphatic rings. The zero-order valence-corrected chi connectivity index (χ0v) is 10.6. The van der Waals surface area contributed by atoms with Gasteiger partial charge in [0.2, 0.25) is 0 Å². The molecule has 2 aromatic carbocycles. The van der Waals surface area contributed by atoms with E-state index >= 15 is 0 Å². The predicted molar refractivity (Wildman–Crippen MR) is 67.0 cm³/mol.